The van der Waals surface area contributed by atoms with Gasteiger partial charge in [-0.1, -0.05) is 49.2 Å². The average Bonchev–Trinajstić information content (AvgIpc) is 2.75. The van der Waals surface area contributed by atoms with E-state index >= 15 is 0 Å². The predicted octanol–water partition coefficient (Wildman–Crippen LogP) is 2.72. The molecule has 1 N–H and O–H groups in total. The topological polar surface area (TPSA) is 93.1 Å². The maximum Gasteiger partial charge on any atom is 0.414 e. The van der Waals surface area contributed by atoms with E-state index < -0.39 is 17.7 Å². The van der Waals surface area contributed by atoms with E-state index in [0.29, 0.717) is 23.1 Å². The lowest BCUT2D eigenvalue weighted by molar-refractivity contribution is -0.255. The maximum atomic E-state index is 12.3. The Morgan fingerprint density at radius 2 is 1.75 bits per heavy atom. The highest BCUT2D eigenvalue weighted by molar-refractivity contribution is 5.95. The fraction of sp³-hybridized carbons (Fsp3) is 0.440. The standard InChI is InChI=1S/C25H32N2O5/c1-26(2)16-17-10-7-8-15-25(17,31)21-14-6-5-11-18(21)19-12-9-13-20(23(28)29)22(19)32-24(30)27(3)4/h5-6,9,11-14,17,31H,7-8,10,15-16H2,1-4H3,(H,28,29)/p-1. The van der Waals surface area contributed by atoms with E-state index in [1.54, 1.807) is 12.1 Å². The Kier molecular flexibility index (Phi) is 7.21. The molecule has 1 fully saturated rings. The first kappa shape index (κ1) is 23.8. The van der Waals surface area contributed by atoms with Crippen molar-refractivity contribution < 1.29 is 24.5 Å². The molecule has 0 radical (unpaired) electrons. The molecule has 172 valence electrons. The monoisotopic (exact) mass is 439 g/mol. The number of aliphatic hydroxyl groups is 1. The fourth-order valence-electron chi connectivity index (χ4n) is 4.56. The highest BCUT2D eigenvalue weighted by atomic mass is 16.6. The Balaban J connectivity index is 2.19. The van der Waals surface area contributed by atoms with E-state index in [2.05, 4.69) is 4.90 Å². The summed E-state index contributed by atoms with van der Waals surface area (Å²) in [7, 11) is 7.02. The van der Waals surface area contributed by atoms with Crippen LogP contribution in [0.25, 0.3) is 11.1 Å². The highest BCUT2D eigenvalue weighted by Gasteiger charge is 2.42. The van der Waals surface area contributed by atoms with E-state index in [1.165, 1.54) is 25.1 Å². The Morgan fingerprint density at radius 3 is 2.41 bits per heavy atom. The number of nitrogens with zero attached hydrogens (tertiary/aromatic N) is 2. The number of para-hydroxylation sites is 1. The lowest BCUT2D eigenvalue weighted by Gasteiger charge is -2.42. The third kappa shape index (κ3) is 4.79. The Hall–Kier alpha value is -2.90. The molecule has 3 rings (SSSR count). The van der Waals surface area contributed by atoms with Gasteiger partial charge in [-0.15, -0.1) is 0 Å². The second-order valence-electron chi connectivity index (χ2n) is 8.91. The zero-order valence-electron chi connectivity index (χ0n) is 19.1. The average molecular weight is 440 g/mol. The van der Waals surface area contributed by atoms with E-state index in [-0.39, 0.29) is 17.2 Å². The molecule has 1 aliphatic rings. The number of carbonyl (C=O) groups excluding carboxylic acids is 2. The Labute approximate surface area is 189 Å². The van der Waals surface area contributed by atoms with Crippen LogP contribution >= 0.6 is 0 Å². The van der Waals surface area contributed by atoms with Crippen LogP contribution in [0.15, 0.2) is 42.5 Å². The zero-order chi connectivity index (χ0) is 23.5. The summed E-state index contributed by atoms with van der Waals surface area (Å²) in [6, 6.07) is 12.1. The van der Waals surface area contributed by atoms with Crippen LogP contribution in [0.3, 0.4) is 0 Å². The quantitative estimate of drug-likeness (QED) is 0.744. The minimum atomic E-state index is -1.44. The summed E-state index contributed by atoms with van der Waals surface area (Å²) in [5.41, 5.74) is 0.488. The van der Waals surface area contributed by atoms with Gasteiger partial charge < -0.3 is 29.5 Å². The van der Waals surface area contributed by atoms with Gasteiger partial charge in [0.1, 0.15) is 5.75 Å². The highest BCUT2D eigenvalue weighted by Crippen LogP contribution is 2.47. The molecule has 0 aliphatic heterocycles. The molecule has 2 aromatic rings. The molecule has 0 aromatic heterocycles. The Bertz CT molecular complexity index is 988. The lowest BCUT2D eigenvalue weighted by Crippen LogP contribution is -2.43. The number of benzene rings is 2. The molecule has 1 saturated carbocycles. The van der Waals surface area contributed by atoms with Gasteiger partial charge >= 0.3 is 6.09 Å². The molecule has 2 unspecified atom stereocenters. The SMILES string of the molecule is CN(C)CC1CCCCC1(O)c1ccccc1-c1cccc(C(=O)[O-])c1OC(=O)N(C)C. The van der Waals surface area contributed by atoms with Crippen molar-refractivity contribution in [2.24, 2.45) is 5.92 Å². The summed E-state index contributed by atoms with van der Waals surface area (Å²) < 4.78 is 5.50. The van der Waals surface area contributed by atoms with Crippen LogP contribution in [0.5, 0.6) is 5.75 Å². The number of carbonyl (C=O) groups is 2. The van der Waals surface area contributed by atoms with Crippen LogP contribution in [-0.4, -0.2) is 61.7 Å². The van der Waals surface area contributed by atoms with Gasteiger partial charge in [0.25, 0.3) is 0 Å². The number of rotatable bonds is 6. The molecule has 7 heteroatoms. The zero-order valence-corrected chi connectivity index (χ0v) is 19.1. The fourth-order valence-corrected chi connectivity index (χ4v) is 4.56. The summed E-state index contributed by atoms with van der Waals surface area (Å²) in [5.74, 6) is -1.50. The van der Waals surface area contributed by atoms with Crippen molar-refractivity contribution in [2.75, 3.05) is 34.7 Å². The second-order valence-corrected chi connectivity index (χ2v) is 8.91. The van der Waals surface area contributed by atoms with Gasteiger partial charge in [0.15, 0.2) is 0 Å². The minimum absolute atomic E-state index is 0.0181. The van der Waals surface area contributed by atoms with Gasteiger partial charge in [-0.25, -0.2) is 4.79 Å². The molecule has 0 heterocycles. The first-order valence-corrected chi connectivity index (χ1v) is 10.9. The molecule has 7 nitrogen and oxygen atoms in total. The summed E-state index contributed by atoms with van der Waals surface area (Å²) in [4.78, 5) is 27.4. The maximum absolute atomic E-state index is 12.3. The number of hydrogen-bond acceptors (Lipinski definition) is 6. The van der Waals surface area contributed by atoms with Crippen molar-refractivity contribution in [3.05, 3.63) is 53.6 Å². The van der Waals surface area contributed by atoms with Crippen molar-refractivity contribution in [3.63, 3.8) is 0 Å². The van der Waals surface area contributed by atoms with Crippen LogP contribution in [0.2, 0.25) is 0 Å². The molecule has 32 heavy (non-hydrogen) atoms. The summed E-state index contributed by atoms with van der Waals surface area (Å²) in [6.45, 7) is 0.729. The van der Waals surface area contributed by atoms with Crippen molar-refractivity contribution in [1.29, 1.82) is 0 Å². The molecular formula is C25H31N2O5-. The predicted molar refractivity (Wildman–Crippen MR) is 120 cm³/mol. The number of carboxylic acid groups (broad SMARTS) is 1. The van der Waals surface area contributed by atoms with Gasteiger partial charge in [0.05, 0.1) is 11.6 Å². The number of ether oxygens (including phenoxy) is 1. The normalized spacial score (nSPS) is 20.8. The van der Waals surface area contributed by atoms with Crippen molar-refractivity contribution in [3.8, 4) is 16.9 Å². The molecule has 0 spiro atoms. The van der Waals surface area contributed by atoms with Crippen LogP contribution < -0.4 is 9.84 Å². The van der Waals surface area contributed by atoms with Gasteiger partial charge in [-0.3, -0.25) is 0 Å². The van der Waals surface area contributed by atoms with Gasteiger partial charge in [0.2, 0.25) is 0 Å². The van der Waals surface area contributed by atoms with Gasteiger partial charge in [-0.2, -0.15) is 0 Å². The number of carboxylic acids is 1. The second kappa shape index (κ2) is 9.71. The summed E-state index contributed by atoms with van der Waals surface area (Å²) >= 11 is 0. The van der Waals surface area contributed by atoms with E-state index in [1.807, 2.05) is 38.4 Å². The van der Waals surface area contributed by atoms with Crippen LogP contribution in [0, 0.1) is 5.92 Å². The van der Waals surface area contributed by atoms with Crippen LogP contribution in [0.1, 0.15) is 41.6 Å². The lowest BCUT2D eigenvalue weighted by atomic mass is 9.69. The molecule has 2 atom stereocenters. The minimum Gasteiger partial charge on any atom is -0.545 e. The molecule has 1 aliphatic carbocycles. The summed E-state index contributed by atoms with van der Waals surface area (Å²) in [6.07, 6.45) is 2.75. The number of amides is 1. The molecule has 1 amide bonds. The number of aromatic carboxylic acids is 1. The Morgan fingerprint density at radius 1 is 1.06 bits per heavy atom. The van der Waals surface area contributed by atoms with Gasteiger partial charge in [-0.05, 0) is 44.1 Å². The molecular weight excluding hydrogens is 408 g/mol. The van der Waals surface area contributed by atoms with Crippen LogP contribution in [0.4, 0.5) is 4.79 Å². The van der Waals surface area contributed by atoms with E-state index in [4.69, 9.17) is 4.74 Å². The van der Waals surface area contributed by atoms with Crippen molar-refractivity contribution in [1.82, 2.24) is 9.80 Å². The largest absolute Gasteiger partial charge is 0.545 e. The first-order valence-electron chi connectivity index (χ1n) is 10.9. The molecule has 2 aromatic carbocycles. The first-order chi connectivity index (χ1) is 15.1. The third-order valence-electron chi connectivity index (χ3n) is 6.09. The van der Waals surface area contributed by atoms with Crippen LogP contribution in [-0.2, 0) is 5.60 Å². The van der Waals surface area contributed by atoms with E-state index in [9.17, 15) is 19.8 Å². The molecule has 0 saturated heterocycles. The van der Waals surface area contributed by atoms with Crippen molar-refractivity contribution in [2.45, 2.75) is 31.3 Å². The smallest absolute Gasteiger partial charge is 0.414 e. The summed E-state index contributed by atoms with van der Waals surface area (Å²) in [5, 5.41) is 23.8. The third-order valence-corrected chi connectivity index (χ3v) is 6.09. The van der Waals surface area contributed by atoms with Gasteiger partial charge in [0, 0.05) is 37.7 Å². The molecule has 0 bridgehead atoms. The van der Waals surface area contributed by atoms with Crippen molar-refractivity contribution >= 4 is 12.1 Å². The number of hydrogen-bond donors (Lipinski definition) is 1. The van der Waals surface area contributed by atoms with E-state index in [0.717, 1.165) is 25.8 Å².